The molecule has 13 heavy (non-hydrogen) atoms. The Morgan fingerprint density at radius 3 is 2.46 bits per heavy atom. The summed E-state index contributed by atoms with van der Waals surface area (Å²) in [7, 11) is 0. The maximum atomic E-state index is 11.2. The number of rotatable bonds is 3. The Labute approximate surface area is 77.8 Å². The van der Waals surface area contributed by atoms with Crippen LogP contribution in [0, 0.1) is 11.8 Å². The van der Waals surface area contributed by atoms with Gasteiger partial charge in [-0.05, 0) is 19.8 Å². The molecule has 1 aliphatic rings. The summed E-state index contributed by atoms with van der Waals surface area (Å²) in [4.78, 5) is 22.3. The van der Waals surface area contributed by atoms with Crippen molar-refractivity contribution in [3.63, 3.8) is 0 Å². The molecule has 3 nitrogen and oxygen atoms in total. The van der Waals surface area contributed by atoms with E-state index in [0.29, 0.717) is 12.8 Å². The number of ether oxygens (including phenoxy) is 1. The molecule has 0 aliphatic carbocycles. The molecule has 2 atom stereocenters. The van der Waals surface area contributed by atoms with Crippen LogP contribution in [-0.4, -0.2) is 11.9 Å². The van der Waals surface area contributed by atoms with Gasteiger partial charge in [-0.2, -0.15) is 0 Å². The summed E-state index contributed by atoms with van der Waals surface area (Å²) in [6.45, 7) is 3.79. The van der Waals surface area contributed by atoms with Crippen molar-refractivity contribution in [1.82, 2.24) is 0 Å². The van der Waals surface area contributed by atoms with Gasteiger partial charge in [0, 0.05) is 0 Å². The number of hydrogen-bond acceptors (Lipinski definition) is 3. The molecule has 72 valence electrons. The van der Waals surface area contributed by atoms with Crippen LogP contribution in [0.3, 0.4) is 0 Å². The zero-order valence-electron chi connectivity index (χ0n) is 7.95. The predicted molar refractivity (Wildman–Crippen MR) is 47.8 cm³/mol. The van der Waals surface area contributed by atoms with Crippen LogP contribution >= 0.6 is 0 Å². The second kappa shape index (κ2) is 4.21. The lowest BCUT2D eigenvalue weighted by molar-refractivity contribution is -0.153. The Balaban J connectivity index is 2.69. The molecule has 1 fully saturated rings. The van der Waals surface area contributed by atoms with Gasteiger partial charge >= 0.3 is 11.9 Å². The van der Waals surface area contributed by atoms with Crippen molar-refractivity contribution >= 4 is 11.9 Å². The van der Waals surface area contributed by atoms with Crippen molar-refractivity contribution in [2.24, 2.45) is 11.8 Å². The average molecular weight is 182 g/mol. The fourth-order valence-corrected chi connectivity index (χ4v) is 1.57. The van der Waals surface area contributed by atoms with Crippen molar-refractivity contribution < 1.29 is 14.3 Å². The van der Waals surface area contributed by atoms with Crippen molar-refractivity contribution in [3.05, 3.63) is 12.2 Å². The third-order valence-electron chi connectivity index (χ3n) is 2.36. The average Bonchev–Trinajstić information content (AvgIpc) is 2.37. The number of cyclic esters (lactones) is 2. The van der Waals surface area contributed by atoms with Crippen LogP contribution in [-0.2, 0) is 14.3 Å². The van der Waals surface area contributed by atoms with Crippen LogP contribution in [0.25, 0.3) is 0 Å². The van der Waals surface area contributed by atoms with E-state index >= 15 is 0 Å². The largest absolute Gasteiger partial charge is 0.393 e. The second-order valence-corrected chi connectivity index (χ2v) is 3.17. The Morgan fingerprint density at radius 2 is 1.92 bits per heavy atom. The van der Waals surface area contributed by atoms with E-state index in [1.807, 2.05) is 26.0 Å². The minimum Gasteiger partial charge on any atom is -0.393 e. The molecule has 0 spiro atoms. The van der Waals surface area contributed by atoms with Gasteiger partial charge in [0.2, 0.25) is 0 Å². The predicted octanol–water partition coefficient (Wildman–Crippen LogP) is 1.68. The molecule has 1 aliphatic heterocycles. The van der Waals surface area contributed by atoms with Crippen molar-refractivity contribution in [3.8, 4) is 0 Å². The highest BCUT2D eigenvalue weighted by Gasteiger charge is 2.41. The summed E-state index contributed by atoms with van der Waals surface area (Å²) < 4.78 is 4.56. The number of allylic oxidation sites excluding steroid dienone is 2. The minimum atomic E-state index is -0.366. The molecular weight excluding hydrogens is 168 g/mol. The van der Waals surface area contributed by atoms with Crippen LogP contribution in [0.2, 0.25) is 0 Å². The first-order valence-corrected chi connectivity index (χ1v) is 4.57. The van der Waals surface area contributed by atoms with Gasteiger partial charge < -0.3 is 4.74 Å². The molecule has 1 rings (SSSR count). The fraction of sp³-hybridized carbons (Fsp3) is 0.600. The third-order valence-corrected chi connectivity index (χ3v) is 2.36. The highest BCUT2D eigenvalue weighted by atomic mass is 16.6. The van der Waals surface area contributed by atoms with Crippen LogP contribution < -0.4 is 0 Å². The van der Waals surface area contributed by atoms with Gasteiger partial charge in [0.05, 0.1) is 11.8 Å². The Hall–Kier alpha value is -1.12. The van der Waals surface area contributed by atoms with Gasteiger partial charge in [0.1, 0.15) is 0 Å². The molecule has 0 aromatic heterocycles. The minimum absolute atomic E-state index is 0.233. The highest BCUT2D eigenvalue weighted by Crippen LogP contribution is 2.29. The van der Waals surface area contributed by atoms with E-state index in [1.54, 1.807) is 0 Å². The number of carbonyl (C=O) groups is 2. The maximum Gasteiger partial charge on any atom is 0.317 e. The third kappa shape index (κ3) is 1.97. The van der Waals surface area contributed by atoms with Gasteiger partial charge in [0.15, 0.2) is 0 Å². The zero-order valence-corrected chi connectivity index (χ0v) is 7.95. The first-order valence-electron chi connectivity index (χ1n) is 4.57. The SMILES string of the molecule is CC=CCC1C(=O)OC(=O)C1CC. The first-order chi connectivity index (χ1) is 6.20. The Bertz CT molecular complexity index is 243. The quantitative estimate of drug-likeness (QED) is 0.379. The van der Waals surface area contributed by atoms with Gasteiger partial charge in [-0.15, -0.1) is 0 Å². The van der Waals surface area contributed by atoms with E-state index in [2.05, 4.69) is 4.74 Å². The lowest BCUT2D eigenvalue weighted by atomic mass is 9.90. The summed E-state index contributed by atoms with van der Waals surface area (Å²) >= 11 is 0. The molecule has 0 aromatic carbocycles. The smallest absolute Gasteiger partial charge is 0.317 e. The molecule has 0 radical (unpaired) electrons. The molecule has 0 saturated carbocycles. The summed E-state index contributed by atoms with van der Waals surface area (Å²) in [5.74, 6) is -1.21. The number of carbonyl (C=O) groups excluding carboxylic acids is 2. The Kier molecular flexibility index (Phi) is 3.23. The molecular formula is C10H14O3. The van der Waals surface area contributed by atoms with Crippen molar-refractivity contribution in [2.45, 2.75) is 26.7 Å². The molecule has 3 heteroatoms. The van der Waals surface area contributed by atoms with E-state index in [0.717, 1.165) is 0 Å². The van der Waals surface area contributed by atoms with Crippen LogP contribution in [0.4, 0.5) is 0 Å². The normalized spacial score (nSPS) is 28.5. The van der Waals surface area contributed by atoms with Gasteiger partial charge in [-0.3, -0.25) is 9.59 Å². The van der Waals surface area contributed by atoms with E-state index < -0.39 is 0 Å². The molecule has 2 unspecified atom stereocenters. The second-order valence-electron chi connectivity index (χ2n) is 3.17. The van der Waals surface area contributed by atoms with E-state index in [4.69, 9.17) is 0 Å². The van der Waals surface area contributed by atoms with Crippen LogP contribution in [0.1, 0.15) is 26.7 Å². The Morgan fingerprint density at radius 1 is 1.31 bits per heavy atom. The topological polar surface area (TPSA) is 43.4 Å². The zero-order chi connectivity index (χ0) is 9.84. The van der Waals surface area contributed by atoms with E-state index in [-0.39, 0.29) is 23.8 Å². The van der Waals surface area contributed by atoms with Gasteiger partial charge in [0.25, 0.3) is 0 Å². The van der Waals surface area contributed by atoms with Gasteiger partial charge in [-0.25, -0.2) is 0 Å². The molecule has 0 aromatic rings. The summed E-state index contributed by atoms with van der Waals surface area (Å²) in [6.07, 6.45) is 5.06. The molecule has 0 amide bonds. The maximum absolute atomic E-state index is 11.2. The highest BCUT2D eigenvalue weighted by molar-refractivity contribution is 5.96. The van der Waals surface area contributed by atoms with E-state index in [9.17, 15) is 9.59 Å². The lowest BCUT2D eigenvalue weighted by Gasteiger charge is -2.07. The monoisotopic (exact) mass is 182 g/mol. The van der Waals surface area contributed by atoms with E-state index in [1.165, 1.54) is 0 Å². The van der Waals surface area contributed by atoms with Crippen LogP contribution in [0.15, 0.2) is 12.2 Å². The standard InChI is InChI=1S/C10H14O3/c1-3-5-6-8-7(4-2)9(11)13-10(8)12/h3,5,7-8H,4,6H2,1-2H3. The number of hydrogen-bond donors (Lipinski definition) is 0. The van der Waals surface area contributed by atoms with Crippen molar-refractivity contribution in [2.75, 3.05) is 0 Å². The summed E-state index contributed by atoms with van der Waals surface area (Å²) in [5, 5.41) is 0. The van der Waals surface area contributed by atoms with Crippen molar-refractivity contribution in [1.29, 1.82) is 0 Å². The van der Waals surface area contributed by atoms with Gasteiger partial charge in [-0.1, -0.05) is 19.1 Å². The number of esters is 2. The lowest BCUT2D eigenvalue weighted by Crippen LogP contribution is -2.16. The molecule has 0 bridgehead atoms. The molecule has 1 heterocycles. The molecule has 1 saturated heterocycles. The van der Waals surface area contributed by atoms with Crippen LogP contribution in [0.5, 0.6) is 0 Å². The first kappa shape index (κ1) is 9.96. The molecule has 0 N–H and O–H groups in total. The summed E-state index contributed by atoms with van der Waals surface area (Å²) in [5.41, 5.74) is 0. The summed E-state index contributed by atoms with van der Waals surface area (Å²) in [6, 6.07) is 0. The fourth-order valence-electron chi connectivity index (χ4n) is 1.57.